The van der Waals surface area contributed by atoms with Crippen LogP contribution < -0.4 is 0 Å². The number of aryl methyl sites for hydroxylation is 1. The minimum absolute atomic E-state index is 0.168. The van der Waals surface area contributed by atoms with Gasteiger partial charge in [0.05, 0.1) is 6.07 Å². The van der Waals surface area contributed by atoms with Gasteiger partial charge in [0.25, 0.3) is 0 Å². The highest BCUT2D eigenvalue weighted by Gasteiger charge is 2.31. The minimum atomic E-state index is -1.30. The van der Waals surface area contributed by atoms with E-state index in [-0.39, 0.29) is 5.92 Å². The van der Waals surface area contributed by atoms with Crippen molar-refractivity contribution in [2.24, 2.45) is 0 Å². The molecule has 0 spiro atoms. The highest BCUT2D eigenvalue weighted by Crippen LogP contribution is 2.35. The zero-order valence-electron chi connectivity index (χ0n) is 18.9. The molecule has 0 aromatic heterocycles. The minimum Gasteiger partial charge on any atom is -0.299 e. The molecule has 2 aromatic carbocycles. The molecule has 31 heavy (non-hydrogen) atoms. The molecule has 3 rings (SSSR count). The van der Waals surface area contributed by atoms with Crippen molar-refractivity contribution in [1.82, 2.24) is 4.90 Å². The molecule has 1 saturated carbocycles. The van der Waals surface area contributed by atoms with Crippen molar-refractivity contribution in [3.8, 4) is 6.07 Å². The van der Waals surface area contributed by atoms with Crippen LogP contribution in [0.3, 0.4) is 0 Å². The van der Waals surface area contributed by atoms with Crippen LogP contribution in [0.5, 0.6) is 0 Å². The molecule has 168 valence electrons. The lowest BCUT2D eigenvalue weighted by atomic mass is 9.82. The van der Waals surface area contributed by atoms with Gasteiger partial charge in [-0.1, -0.05) is 61.5 Å². The molecule has 0 aliphatic heterocycles. The van der Waals surface area contributed by atoms with Crippen LogP contribution in [0.2, 0.25) is 0 Å². The van der Waals surface area contributed by atoms with E-state index >= 15 is 0 Å². The molecule has 0 N–H and O–H groups in total. The Morgan fingerprint density at radius 2 is 1.61 bits per heavy atom. The maximum Gasteiger partial charge on any atom is 0.132 e. The van der Waals surface area contributed by atoms with Crippen LogP contribution in [-0.2, 0) is 13.0 Å². The molecule has 1 fully saturated rings. The Kier molecular flexibility index (Phi) is 11.2. The third-order valence-electron chi connectivity index (χ3n) is 5.87. The van der Waals surface area contributed by atoms with Crippen LogP contribution >= 0.6 is 0 Å². The van der Waals surface area contributed by atoms with Gasteiger partial charge in [0.2, 0.25) is 0 Å². The molecule has 2 aromatic rings. The summed E-state index contributed by atoms with van der Waals surface area (Å²) in [6, 6.07) is 21.0. The van der Waals surface area contributed by atoms with Gasteiger partial charge in [-0.3, -0.25) is 4.90 Å². The summed E-state index contributed by atoms with van der Waals surface area (Å²) < 4.78 is 27.0. The predicted molar refractivity (Wildman–Crippen MR) is 124 cm³/mol. The van der Waals surface area contributed by atoms with Gasteiger partial charge < -0.3 is 0 Å². The van der Waals surface area contributed by atoms with E-state index in [0.29, 0.717) is 12.8 Å². The standard InChI is InChI=1S/C25H33F2N.C2H3N/c1-2-16-28(19-21-7-4-3-5-8-21)17-6-9-20-10-12-22(13-11-20)23-14-15-24(26)25(27)18-23;1-2-3/h3-5,7-8,10-13,23-25H,2,6,9,14-19H2,1H3;1H3. The van der Waals surface area contributed by atoms with E-state index in [9.17, 15) is 8.78 Å². The Bertz CT molecular complexity index is 770. The zero-order chi connectivity index (χ0) is 22.5. The molecule has 0 radical (unpaired) electrons. The molecular weight excluding hydrogens is 390 g/mol. The van der Waals surface area contributed by atoms with E-state index < -0.39 is 12.3 Å². The van der Waals surface area contributed by atoms with Crippen molar-refractivity contribution in [3.63, 3.8) is 0 Å². The molecule has 0 bridgehead atoms. The van der Waals surface area contributed by atoms with Gasteiger partial charge >= 0.3 is 0 Å². The lowest BCUT2D eigenvalue weighted by molar-refractivity contribution is 0.108. The Morgan fingerprint density at radius 3 is 2.23 bits per heavy atom. The van der Waals surface area contributed by atoms with Gasteiger partial charge in [-0.15, -0.1) is 0 Å². The highest BCUT2D eigenvalue weighted by molar-refractivity contribution is 5.26. The number of hydrogen-bond acceptors (Lipinski definition) is 2. The molecule has 1 aliphatic carbocycles. The molecule has 3 unspecified atom stereocenters. The molecule has 1 aliphatic rings. The molecule has 3 atom stereocenters. The van der Waals surface area contributed by atoms with Gasteiger partial charge in [0, 0.05) is 13.5 Å². The number of alkyl halides is 2. The molecule has 0 amide bonds. The first kappa shape index (κ1) is 25.0. The third kappa shape index (κ3) is 8.79. The second-order valence-electron chi connectivity index (χ2n) is 8.37. The Balaban J connectivity index is 0.00000107. The maximum absolute atomic E-state index is 13.7. The van der Waals surface area contributed by atoms with E-state index in [2.05, 4.69) is 66.4 Å². The summed E-state index contributed by atoms with van der Waals surface area (Å²) in [7, 11) is 0. The Hall–Kier alpha value is -2.25. The topological polar surface area (TPSA) is 27.0 Å². The Labute approximate surface area is 186 Å². The monoisotopic (exact) mass is 426 g/mol. The van der Waals surface area contributed by atoms with E-state index in [4.69, 9.17) is 5.26 Å². The summed E-state index contributed by atoms with van der Waals surface area (Å²) in [6.45, 7) is 6.88. The third-order valence-corrected chi connectivity index (χ3v) is 5.87. The number of rotatable bonds is 9. The SMILES string of the molecule is CC#N.CCCN(CCCc1ccc(C2CCC(F)C(F)C2)cc1)Cc1ccccc1. The molecular formula is C27H36F2N2. The molecule has 0 heterocycles. The average Bonchev–Trinajstić information content (AvgIpc) is 2.78. The lowest BCUT2D eigenvalue weighted by Gasteiger charge is -2.27. The van der Waals surface area contributed by atoms with Crippen LogP contribution in [0.1, 0.15) is 68.6 Å². The van der Waals surface area contributed by atoms with Crippen LogP contribution in [0, 0.1) is 11.3 Å². The number of benzene rings is 2. The molecule has 0 saturated heterocycles. The van der Waals surface area contributed by atoms with E-state index in [1.165, 1.54) is 18.1 Å². The quantitative estimate of drug-likeness (QED) is 0.431. The van der Waals surface area contributed by atoms with Crippen LogP contribution in [0.25, 0.3) is 0 Å². The number of nitriles is 1. The summed E-state index contributed by atoms with van der Waals surface area (Å²) >= 11 is 0. The fourth-order valence-electron chi connectivity index (χ4n) is 4.27. The van der Waals surface area contributed by atoms with Gasteiger partial charge in [-0.2, -0.15) is 5.26 Å². The summed E-state index contributed by atoms with van der Waals surface area (Å²) in [5.74, 6) is 0.168. The summed E-state index contributed by atoms with van der Waals surface area (Å²) in [5, 5.41) is 7.32. The van der Waals surface area contributed by atoms with Crippen LogP contribution in [-0.4, -0.2) is 30.3 Å². The van der Waals surface area contributed by atoms with E-state index in [0.717, 1.165) is 50.9 Å². The second-order valence-corrected chi connectivity index (χ2v) is 8.37. The van der Waals surface area contributed by atoms with E-state index in [1.807, 2.05) is 0 Å². The van der Waals surface area contributed by atoms with Gasteiger partial charge in [0.15, 0.2) is 0 Å². The molecule has 4 heteroatoms. The summed E-state index contributed by atoms with van der Waals surface area (Å²) in [6.07, 6.45) is 2.22. The number of halogens is 2. The van der Waals surface area contributed by atoms with Crippen molar-refractivity contribution in [3.05, 3.63) is 71.3 Å². The summed E-state index contributed by atoms with van der Waals surface area (Å²) in [5.41, 5.74) is 3.86. The van der Waals surface area contributed by atoms with Gasteiger partial charge in [0.1, 0.15) is 12.3 Å². The fourth-order valence-corrected chi connectivity index (χ4v) is 4.27. The molecule has 2 nitrogen and oxygen atoms in total. The Morgan fingerprint density at radius 1 is 0.935 bits per heavy atom. The largest absolute Gasteiger partial charge is 0.299 e. The average molecular weight is 427 g/mol. The highest BCUT2D eigenvalue weighted by atomic mass is 19.2. The maximum atomic E-state index is 13.7. The summed E-state index contributed by atoms with van der Waals surface area (Å²) in [4.78, 5) is 2.53. The van der Waals surface area contributed by atoms with Crippen molar-refractivity contribution in [2.75, 3.05) is 13.1 Å². The van der Waals surface area contributed by atoms with Crippen molar-refractivity contribution < 1.29 is 8.78 Å². The first-order valence-corrected chi connectivity index (χ1v) is 11.5. The number of nitrogens with zero attached hydrogens (tertiary/aromatic N) is 2. The zero-order valence-corrected chi connectivity index (χ0v) is 18.9. The van der Waals surface area contributed by atoms with Crippen LogP contribution in [0.15, 0.2) is 54.6 Å². The van der Waals surface area contributed by atoms with Crippen molar-refractivity contribution in [2.45, 2.75) is 77.2 Å². The second kappa shape index (κ2) is 13.9. The lowest BCUT2D eigenvalue weighted by Crippen LogP contribution is -2.26. The van der Waals surface area contributed by atoms with Gasteiger partial charge in [-0.25, -0.2) is 8.78 Å². The normalized spacial score (nSPS) is 20.6. The van der Waals surface area contributed by atoms with Crippen molar-refractivity contribution in [1.29, 1.82) is 5.26 Å². The van der Waals surface area contributed by atoms with Gasteiger partial charge in [-0.05, 0) is 74.2 Å². The number of hydrogen-bond donors (Lipinski definition) is 0. The first-order chi connectivity index (χ1) is 15.1. The van der Waals surface area contributed by atoms with Crippen LogP contribution in [0.4, 0.5) is 8.78 Å². The predicted octanol–water partition coefficient (Wildman–Crippen LogP) is 7.00. The first-order valence-electron chi connectivity index (χ1n) is 11.5. The van der Waals surface area contributed by atoms with E-state index in [1.54, 1.807) is 6.07 Å². The smallest absolute Gasteiger partial charge is 0.132 e. The van der Waals surface area contributed by atoms with Crippen molar-refractivity contribution >= 4 is 0 Å². The fraction of sp³-hybridized carbons (Fsp3) is 0.519.